The van der Waals surface area contributed by atoms with Crippen molar-refractivity contribution in [3.63, 3.8) is 0 Å². The van der Waals surface area contributed by atoms with E-state index in [0.29, 0.717) is 55.2 Å². The third-order valence-electron chi connectivity index (χ3n) is 7.99. The number of Topliss-reactive ketones (excluding diaryl/α,β-unsaturated/α-hetero) is 1. The summed E-state index contributed by atoms with van der Waals surface area (Å²) in [5.41, 5.74) is 2.84. The Morgan fingerprint density at radius 2 is 1.79 bits per heavy atom. The molecule has 0 aliphatic heterocycles. The number of carboxylic acid groups (broad SMARTS) is 1. The minimum atomic E-state index is -1.14. The van der Waals surface area contributed by atoms with Crippen LogP contribution in [0.15, 0.2) is 52.9 Å². The number of benzene rings is 2. The van der Waals surface area contributed by atoms with Gasteiger partial charge in [0, 0.05) is 17.0 Å². The lowest BCUT2D eigenvalue weighted by Crippen LogP contribution is -2.46. The summed E-state index contributed by atoms with van der Waals surface area (Å²) in [5, 5.41) is 16.0. The summed E-state index contributed by atoms with van der Waals surface area (Å²) in [6.07, 6.45) is 3.15. The highest BCUT2D eigenvalue weighted by Gasteiger charge is 2.35. The van der Waals surface area contributed by atoms with Crippen LogP contribution in [0.1, 0.15) is 74.6 Å². The molecular weight excluding hydrogens is 539 g/mol. The number of aryl methyl sites for hydroxylation is 2. The number of ketones is 1. The summed E-state index contributed by atoms with van der Waals surface area (Å²) in [5.74, 6) is -1.43. The molecule has 0 radical (unpaired) electrons. The molecule has 2 aromatic carbocycles. The molecule has 1 heterocycles. The second kappa shape index (κ2) is 13.4. The van der Waals surface area contributed by atoms with Crippen molar-refractivity contribution in [1.29, 1.82) is 0 Å². The highest BCUT2D eigenvalue weighted by Crippen LogP contribution is 2.34. The predicted octanol–water partition coefficient (Wildman–Crippen LogP) is 7.09. The van der Waals surface area contributed by atoms with E-state index in [1.54, 1.807) is 39.0 Å². The zero-order chi connectivity index (χ0) is 30.4. The van der Waals surface area contributed by atoms with Gasteiger partial charge in [-0.3, -0.25) is 4.79 Å². The number of alkyl carbamates (subject to hydrolysis) is 1. The number of halogens is 1. The Kier molecular flexibility index (Phi) is 9.91. The number of anilines is 1. The lowest BCUT2D eigenvalue weighted by Gasteiger charge is -2.34. The van der Waals surface area contributed by atoms with E-state index in [1.807, 2.05) is 12.1 Å². The molecule has 1 unspecified atom stereocenters. The number of aromatic carboxylic acids is 1. The first-order chi connectivity index (χ1) is 19.9. The molecule has 0 saturated heterocycles. The number of alkyl halides is 1. The molecule has 1 aliphatic carbocycles. The van der Waals surface area contributed by atoms with Crippen molar-refractivity contribution in [2.45, 2.75) is 83.9 Å². The second-order valence-corrected chi connectivity index (χ2v) is 12.3. The molecule has 1 aromatic heterocycles. The Bertz CT molecular complexity index is 1400. The number of fused-ring (bicyclic) bond motifs is 1. The van der Waals surface area contributed by atoms with Crippen LogP contribution in [0.3, 0.4) is 0 Å². The molecular formula is C33H41FN2O6. The average molecular weight is 581 g/mol. The third kappa shape index (κ3) is 8.11. The molecule has 0 bridgehead atoms. The average Bonchev–Trinajstić information content (AvgIpc) is 3.37. The van der Waals surface area contributed by atoms with Crippen LogP contribution in [0.2, 0.25) is 0 Å². The monoisotopic (exact) mass is 580 g/mol. The lowest BCUT2D eigenvalue weighted by molar-refractivity contribution is -0.125. The minimum absolute atomic E-state index is 0.0723. The van der Waals surface area contributed by atoms with E-state index in [-0.39, 0.29) is 23.4 Å². The number of ether oxygens (including phenoxy) is 1. The maximum absolute atomic E-state index is 13.9. The molecule has 1 aliphatic rings. The van der Waals surface area contributed by atoms with Crippen LogP contribution >= 0.6 is 0 Å². The minimum Gasteiger partial charge on any atom is -0.475 e. The van der Waals surface area contributed by atoms with Gasteiger partial charge in [-0.05, 0) is 108 Å². The number of carboxylic acids is 1. The summed E-state index contributed by atoms with van der Waals surface area (Å²) in [6, 6.07) is 13.8. The molecule has 1 fully saturated rings. The van der Waals surface area contributed by atoms with Crippen molar-refractivity contribution in [2.75, 3.05) is 12.0 Å². The van der Waals surface area contributed by atoms with Crippen LogP contribution in [0, 0.1) is 18.8 Å². The standard InChI is InChI=1S/C33H41FN2O6/c1-20-7-5-6-8-21(20)13-15-26(35-25-14-16-28-24(17-25)18-29(41-28)31(38)39)30(37)23-11-9-22(10-12-23)27(19-34)36-32(40)42-33(2,3)4/h5-8,14,16-18,22-23,26-27,35H,9-13,15,19H2,1-4H3,(H,36,40)(H,38,39)/t22?,23?,26?,27-/m1/s1. The predicted molar refractivity (Wildman–Crippen MR) is 160 cm³/mol. The third-order valence-corrected chi connectivity index (χ3v) is 7.99. The van der Waals surface area contributed by atoms with Crippen LogP contribution in [0.25, 0.3) is 11.0 Å². The molecule has 1 saturated carbocycles. The lowest BCUT2D eigenvalue weighted by atomic mass is 9.75. The van der Waals surface area contributed by atoms with Crippen LogP contribution in [-0.4, -0.2) is 47.3 Å². The van der Waals surface area contributed by atoms with Crippen molar-refractivity contribution >= 4 is 34.5 Å². The molecule has 3 aromatic rings. The summed E-state index contributed by atoms with van der Waals surface area (Å²) < 4.78 is 24.6. The first-order valence-electron chi connectivity index (χ1n) is 14.6. The molecule has 9 heteroatoms. The van der Waals surface area contributed by atoms with E-state index in [2.05, 4.69) is 29.7 Å². The van der Waals surface area contributed by atoms with Gasteiger partial charge in [0.1, 0.15) is 17.9 Å². The molecule has 8 nitrogen and oxygen atoms in total. The fourth-order valence-corrected chi connectivity index (χ4v) is 5.75. The summed E-state index contributed by atoms with van der Waals surface area (Å²) >= 11 is 0. The number of hydrogen-bond acceptors (Lipinski definition) is 6. The van der Waals surface area contributed by atoms with Crippen LogP contribution in [0.4, 0.5) is 14.9 Å². The Morgan fingerprint density at radius 3 is 2.43 bits per heavy atom. The van der Waals surface area contributed by atoms with Crippen molar-refractivity contribution in [3.8, 4) is 0 Å². The fourth-order valence-electron chi connectivity index (χ4n) is 5.75. The van der Waals surface area contributed by atoms with Crippen molar-refractivity contribution in [2.24, 2.45) is 11.8 Å². The number of nitrogens with one attached hydrogen (secondary N) is 2. The molecule has 2 atom stereocenters. The zero-order valence-electron chi connectivity index (χ0n) is 24.7. The van der Waals surface area contributed by atoms with Crippen molar-refractivity contribution < 1.29 is 33.0 Å². The highest BCUT2D eigenvalue weighted by molar-refractivity contribution is 5.93. The van der Waals surface area contributed by atoms with Gasteiger partial charge in [0.15, 0.2) is 5.78 Å². The second-order valence-electron chi connectivity index (χ2n) is 12.3. The molecule has 4 rings (SSSR count). The van der Waals surface area contributed by atoms with Gasteiger partial charge in [0.2, 0.25) is 5.76 Å². The zero-order valence-corrected chi connectivity index (χ0v) is 24.7. The van der Waals surface area contributed by atoms with Gasteiger partial charge in [0.25, 0.3) is 0 Å². The molecule has 1 amide bonds. The number of amides is 1. The smallest absolute Gasteiger partial charge is 0.407 e. The SMILES string of the molecule is Cc1ccccc1CCC(Nc1ccc2oc(C(=O)O)cc2c1)C(=O)C1CCC([C@@H](CF)NC(=O)OC(C)(C)C)CC1. The van der Waals surface area contributed by atoms with E-state index in [9.17, 15) is 23.9 Å². The Balaban J connectivity index is 1.45. The largest absolute Gasteiger partial charge is 0.475 e. The van der Waals surface area contributed by atoms with E-state index in [4.69, 9.17) is 9.15 Å². The maximum Gasteiger partial charge on any atom is 0.407 e. The number of carbonyl (C=O) groups excluding carboxylic acids is 2. The summed E-state index contributed by atoms with van der Waals surface area (Å²) in [4.78, 5) is 37.5. The van der Waals surface area contributed by atoms with Gasteiger partial charge in [-0.1, -0.05) is 24.3 Å². The quantitative estimate of drug-likeness (QED) is 0.222. The first kappa shape index (κ1) is 31.1. The molecule has 42 heavy (non-hydrogen) atoms. The van der Waals surface area contributed by atoms with Gasteiger partial charge in [-0.15, -0.1) is 0 Å². The van der Waals surface area contributed by atoms with Gasteiger partial charge >= 0.3 is 12.1 Å². The van der Waals surface area contributed by atoms with Crippen molar-refractivity contribution in [3.05, 3.63) is 65.4 Å². The molecule has 0 spiro atoms. The molecule has 3 N–H and O–H groups in total. The van der Waals surface area contributed by atoms with Crippen LogP contribution < -0.4 is 10.6 Å². The van der Waals surface area contributed by atoms with E-state index in [0.717, 1.165) is 0 Å². The topological polar surface area (TPSA) is 118 Å². The van der Waals surface area contributed by atoms with Gasteiger partial charge in [-0.25, -0.2) is 14.0 Å². The number of furan rings is 1. The van der Waals surface area contributed by atoms with Gasteiger partial charge in [-0.2, -0.15) is 0 Å². The van der Waals surface area contributed by atoms with E-state index < -0.39 is 36.4 Å². The number of carbonyl (C=O) groups is 3. The van der Waals surface area contributed by atoms with Gasteiger partial charge in [0.05, 0.1) is 12.1 Å². The Morgan fingerprint density at radius 1 is 1.07 bits per heavy atom. The summed E-state index contributed by atoms with van der Waals surface area (Å²) in [6.45, 7) is 6.65. The van der Waals surface area contributed by atoms with Crippen LogP contribution in [-0.2, 0) is 16.0 Å². The van der Waals surface area contributed by atoms with Crippen molar-refractivity contribution in [1.82, 2.24) is 5.32 Å². The Labute approximate surface area is 246 Å². The fraction of sp³-hybridized carbons (Fsp3) is 0.485. The van der Waals surface area contributed by atoms with E-state index in [1.165, 1.54) is 17.2 Å². The number of rotatable bonds is 11. The van der Waals surface area contributed by atoms with Crippen LogP contribution in [0.5, 0.6) is 0 Å². The highest BCUT2D eigenvalue weighted by atomic mass is 19.1. The molecule has 226 valence electrons. The maximum atomic E-state index is 13.9. The summed E-state index contributed by atoms with van der Waals surface area (Å²) in [7, 11) is 0. The Hall–Kier alpha value is -3.88. The van der Waals surface area contributed by atoms with E-state index >= 15 is 0 Å². The normalized spacial score (nSPS) is 18.7. The van der Waals surface area contributed by atoms with Gasteiger partial charge < -0.3 is 24.9 Å². The first-order valence-corrected chi connectivity index (χ1v) is 14.6. The number of hydrogen-bond donors (Lipinski definition) is 3.